The topological polar surface area (TPSA) is 94.8 Å². The van der Waals surface area contributed by atoms with E-state index in [-0.39, 0.29) is 47.8 Å². The highest BCUT2D eigenvalue weighted by Crippen LogP contribution is 2.44. The monoisotopic (exact) mass is 362 g/mol. The van der Waals surface area contributed by atoms with Gasteiger partial charge < -0.3 is 15.3 Å². The zero-order valence-corrected chi connectivity index (χ0v) is 16.5. The van der Waals surface area contributed by atoms with Gasteiger partial charge in [0.25, 0.3) is 0 Å². The van der Waals surface area contributed by atoms with E-state index >= 15 is 0 Å². The van der Waals surface area contributed by atoms with Crippen LogP contribution >= 0.6 is 0 Å². The maximum Gasteiger partial charge on any atom is 0.170 e. The first kappa shape index (κ1) is 21.7. The standard InChI is InChI=1S/C21H30O5/c1-11(2)7-8-14-19(24)17(15(22)9-12(3)4)21(26)18(20(14)25)16(23)10-13(5)6/h7,12-13,24-26H,8-10H2,1-6H3. The minimum absolute atomic E-state index is 0.0196. The van der Waals surface area contributed by atoms with Gasteiger partial charge in [-0.3, -0.25) is 9.59 Å². The quantitative estimate of drug-likeness (QED) is 0.457. The van der Waals surface area contributed by atoms with E-state index < -0.39 is 28.8 Å². The molecular formula is C21H30O5. The molecule has 1 aromatic rings. The van der Waals surface area contributed by atoms with Crippen LogP contribution in [0.3, 0.4) is 0 Å². The lowest BCUT2D eigenvalue weighted by molar-refractivity contribution is 0.0960. The number of phenols is 3. The third-order valence-corrected chi connectivity index (χ3v) is 3.98. The number of phenolic OH excluding ortho intramolecular Hbond substituents is 3. The summed E-state index contributed by atoms with van der Waals surface area (Å²) in [5.74, 6) is -2.40. The Balaban J connectivity index is 3.68. The summed E-state index contributed by atoms with van der Waals surface area (Å²) in [6.07, 6.45) is 2.17. The van der Waals surface area contributed by atoms with Crippen molar-refractivity contribution in [3.63, 3.8) is 0 Å². The summed E-state index contributed by atoms with van der Waals surface area (Å²) < 4.78 is 0. The van der Waals surface area contributed by atoms with Crippen molar-refractivity contribution in [2.24, 2.45) is 11.8 Å². The average molecular weight is 362 g/mol. The molecule has 0 saturated carbocycles. The van der Waals surface area contributed by atoms with E-state index in [1.165, 1.54) is 0 Å². The van der Waals surface area contributed by atoms with Crippen LogP contribution in [0.1, 0.15) is 80.7 Å². The Kier molecular flexibility index (Phi) is 7.42. The number of aromatic hydroxyl groups is 3. The van der Waals surface area contributed by atoms with Gasteiger partial charge in [0.1, 0.15) is 28.4 Å². The van der Waals surface area contributed by atoms with Crippen molar-refractivity contribution >= 4 is 11.6 Å². The van der Waals surface area contributed by atoms with Gasteiger partial charge in [-0.15, -0.1) is 0 Å². The Bertz CT molecular complexity index is 673. The molecule has 0 spiro atoms. The molecule has 0 unspecified atom stereocenters. The molecule has 5 nitrogen and oxygen atoms in total. The minimum Gasteiger partial charge on any atom is -0.507 e. The lowest BCUT2D eigenvalue weighted by atomic mass is 9.89. The first-order valence-corrected chi connectivity index (χ1v) is 8.96. The van der Waals surface area contributed by atoms with E-state index in [2.05, 4.69) is 0 Å². The van der Waals surface area contributed by atoms with E-state index in [0.717, 1.165) is 5.57 Å². The Morgan fingerprint density at radius 1 is 0.808 bits per heavy atom. The molecule has 0 aliphatic rings. The van der Waals surface area contributed by atoms with Crippen LogP contribution in [0.5, 0.6) is 17.2 Å². The average Bonchev–Trinajstić information content (AvgIpc) is 2.44. The van der Waals surface area contributed by atoms with E-state index in [9.17, 15) is 24.9 Å². The number of ketones is 2. The van der Waals surface area contributed by atoms with Gasteiger partial charge in [0.2, 0.25) is 0 Å². The maximum atomic E-state index is 12.6. The van der Waals surface area contributed by atoms with Crippen molar-refractivity contribution in [2.75, 3.05) is 0 Å². The van der Waals surface area contributed by atoms with Crippen LogP contribution in [0.4, 0.5) is 0 Å². The lowest BCUT2D eigenvalue weighted by Crippen LogP contribution is -2.11. The highest BCUT2D eigenvalue weighted by molar-refractivity contribution is 6.09. The number of benzene rings is 1. The normalized spacial score (nSPS) is 11.1. The fraction of sp³-hybridized carbons (Fsp3) is 0.524. The fourth-order valence-corrected chi connectivity index (χ4v) is 2.74. The largest absolute Gasteiger partial charge is 0.507 e. The molecule has 1 rings (SSSR count). The second-order valence-electron chi connectivity index (χ2n) is 7.80. The molecule has 144 valence electrons. The predicted molar refractivity (Wildman–Crippen MR) is 102 cm³/mol. The molecule has 0 fully saturated rings. The highest BCUT2D eigenvalue weighted by Gasteiger charge is 2.30. The molecule has 0 bridgehead atoms. The lowest BCUT2D eigenvalue weighted by Gasteiger charge is -2.18. The third-order valence-electron chi connectivity index (χ3n) is 3.98. The molecule has 0 aliphatic heterocycles. The molecule has 0 heterocycles. The molecular weight excluding hydrogens is 332 g/mol. The molecule has 0 aliphatic carbocycles. The third kappa shape index (κ3) is 5.10. The van der Waals surface area contributed by atoms with Gasteiger partial charge in [0, 0.05) is 18.4 Å². The van der Waals surface area contributed by atoms with Crippen LogP contribution in [0.25, 0.3) is 0 Å². The molecule has 0 atom stereocenters. The molecule has 0 amide bonds. The molecule has 26 heavy (non-hydrogen) atoms. The maximum absolute atomic E-state index is 12.6. The number of carbonyl (C=O) groups excluding carboxylic acids is 2. The second-order valence-corrected chi connectivity index (χ2v) is 7.80. The van der Waals surface area contributed by atoms with E-state index in [1.807, 2.05) is 41.5 Å². The van der Waals surface area contributed by atoms with E-state index in [1.54, 1.807) is 6.08 Å². The zero-order chi connectivity index (χ0) is 20.2. The van der Waals surface area contributed by atoms with Gasteiger partial charge in [-0.2, -0.15) is 0 Å². The summed E-state index contributed by atoms with van der Waals surface area (Å²) >= 11 is 0. The van der Waals surface area contributed by atoms with Crippen molar-refractivity contribution in [2.45, 2.75) is 60.8 Å². The summed E-state index contributed by atoms with van der Waals surface area (Å²) in [5.41, 5.74) is 0.492. The Labute approximate surface area is 155 Å². The van der Waals surface area contributed by atoms with E-state index in [0.29, 0.717) is 0 Å². The Morgan fingerprint density at radius 3 is 1.50 bits per heavy atom. The number of Topliss-reactive ketones (excluding diaryl/α,β-unsaturated/α-hetero) is 2. The second kappa shape index (κ2) is 8.88. The van der Waals surface area contributed by atoms with Crippen LogP contribution in [0.2, 0.25) is 0 Å². The summed E-state index contributed by atoms with van der Waals surface area (Å²) in [6, 6.07) is 0. The number of rotatable bonds is 8. The number of carbonyl (C=O) groups is 2. The molecule has 5 heteroatoms. The van der Waals surface area contributed by atoms with E-state index in [4.69, 9.17) is 0 Å². The van der Waals surface area contributed by atoms with Gasteiger partial charge in [0.05, 0.1) is 0 Å². The Morgan fingerprint density at radius 2 is 1.19 bits per heavy atom. The van der Waals surface area contributed by atoms with Gasteiger partial charge >= 0.3 is 0 Å². The van der Waals surface area contributed by atoms with Crippen molar-refractivity contribution in [1.29, 1.82) is 0 Å². The smallest absolute Gasteiger partial charge is 0.170 e. The van der Waals surface area contributed by atoms with Gasteiger partial charge in [-0.25, -0.2) is 0 Å². The number of allylic oxidation sites excluding steroid dienone is 2. The van der Waals surface area contributed by atoms with Gasteiger partial charge in [0.15, 0.2) is 11.6 Å². The summed E-state index contributed by atoms with van der Waals surface area (Å²) in [5, 5.41) is 31.6. The molecule has 1 aromatic carbocycles. The van der Waals surface area contributed by atoms with Crippen LogP contribution < -0.4 is 0 Å². The summed E-state index contributed by atoms with van der Waals surface area (Å²) in [7, 11) is 0. The molecule has 0 radical (unpaired) electrons. The van der Waals surface area contributed by atoms with Crippen LogP contribution in [0.15, 0.2) is 11.6 Å². The molecule has 3 N–H and O–H groups in total. The summed E-state index contributed by atoms with van der Waals surface area (Å²) in [4.78, 5) is 25.1. The van der Waals surface area contributed by atoms with Crippen LogP contribution in [0, 0.1) is 11.8 Å². The highest BCUT2D eigenvalue weighted by atomic mass is 16.3. The van der Waals surface area contributed by atoms with Gasteiger partial charge in [-0.05, 0) is 32.1 Å². The predicted octanol–water partition coefficient (Wildman–Crippen LogP) is 4.77. The Hall–Kier alpha value is -2.30. The fourth-order valence-electron chi connectivity index (χ4n) is 2.74. The first-order chi connectivity index (χ1) is 12.0. The first-order valence-electron chi connectivity index (χ1n) is 8.96. The minimum atomic E-state index is -0.628. The van der Waals surface area contributed by atoms with Crippen molar-refractivity contribution in [3.8, 4) is 17.2 Å². The molecule has 0 saturated heterocycles. The summed E-state index contributed by atoms with van der Waals surface area (Å²) in [6.45, 7) is 11.1. The van der Waals surface area contributed by atoms with Crippen LogP contribution in [-0.2, 0) is 6.42 Å². The van der Waals surface area contributed by atoms with Gasteiger partial charge in [-0.1, -0.05) is 39.3 Å². The van der Waals surface area contributed by atoms with Crippen LogP contribution in [-0.4, -0.2) is 26.9 Å². The SMILES string of the molecule is CC(C)=CCc1c(O)c(C(=O)CC(C)C)c(O)c(C(=O)CC(C)C)c1O. The zero-order valence-electron chi connectivity index (χ0n) is 16.5. The van der Waals surface area contributed by atoms with Crippen molar-refractivity contribution in [1.82, 2.24) is 0 Å². The van der Waals surface area contributed by atoms with Crippen molar-refractivity contribution in [3.05, 3.63) is 28.3 Å². The van der Waals surface area contributed by atoms with Crippen molar-refractivity contribution < 1.29 is 24.9 Å². The molecule has 0 aromatic heterocycles. The number of hydrogen-bond donors (Lipinski definition) is 3. The number of hydrogen-bond acceptors (Lipinski definition) is 5.